The first-order valence-corrected chi connectivity index (χ1v) is 3.79. The first-order valence-electron chi connectivity index (χ1n) is 3.39. The normalized spacial score (nSPS) is 25.2. The Kier molecular flexibility index (Phi) is 2.08. The van der Waals surface area contributed by atoms with Crippen LogP contribution in [0, 0.1) is 0 Å². The number of amides is 3. The van der Waals surface area contributed by atoms with Crippen molar-refractivity contribution in [2.45, 2.75) is 19.4 Å². The van der Waals surface area contributed by atoms with Gasteiger partial charge < -0.3 is 4.90 Å². The highest BCUT2D eigenvalue weighted by atomic mass is 32.1. The minimum absolute atomic E-state index is 0.233. The molecule has 1 atom stereocenters. The molecule has 4 nitrogen and oxygen atoms in total. The minimum atomic E-state index is -0.342. The van der Waals surface area contributed by atoms with Gasteiger partial charge in [0.05, 0.1) is 0 Å². The number of nitrogens with zero attached hydrogens (tertiary/aromatic N) is 2. The van der Waals surface area contributed by atoms with Crippen LogP contribution < -0.4 is 0 Å². The molecule has 0 saturated carbocycles. The van der Waals surface area contributed by atoms with E-state index in [0.29, 0.717) is 6.42 Å². The lowest BCUT2D eigenvalue weighted by Gasteiger charge is -2.12. The van der Waals surface area contributed by atoms with E-state index in [2.05, 4.69) is 12.8 Å². The number of likely N-dealkylation sites (N-methyl/N-ethyl adjacent to an activating group) is 1. The van der Waals surface area contributed by atoms with Gasteiger partial charge in [0.25, 0.3) is 5.91 Å². The van der Waals surface area contributed by atoms with Crippen LogP contribution in [0.2, 0.25) is 0 Å². The van der Waals surface area contributed by atoms with E-state index in [9.17, 15) is 9.59 Å². The van der Waals surface area contributed by atoms with E-state index in [0.717, 1.165) is 4.31 Å². The van der Waals surface area contributed by atoms with Gasteiger partial charge in [-0.2, -0.15) is 0 Å². The Balaban J connectivity index is 2.86. The zero-order chi connectivity index (χ0) is 8.59. The van der Waals surface area contributed by atoms with Crippen molar-refractivity contribution >= 4 is 24.8 Å². The van der Waals surface area contributed by atoms with Crippen molar-refractivity contribution < 1.29 is 9.59 Å². The third kappa shape index (κ3) is 1.09. The fraction of sp³-hybridized carbons (Fsp3) is 0.667. The third-order valence-corrected chi connectivity index (χ3v) is 2.20. The Morgan fingerprint density at radius 3 is 2.27 bits per heavy atom. The van der Waals surface area contributed by atoms with E-state index in [4.69, 9.17) is 0 Å². The van der Waals surface area contributed by atoms with E-state index < -0.39 is 0 Å². The van der Waals surface area contributed by atoms with Gasteiger partial charge in [-0.15, -0.1) is 0 Å². The quantitative estimate of drug-likeness (QED) is 0.464. The van der Waals surface area contributed by atoms with Crippen LogP contribution in [-0.4, -0.2) is 34.2 Å². The van der Waals surface area contributed by atoms with Crippen molar-refractivity contribution in [1.82, 2.24) is 9.21 Å². The molecule has 1 aliphatic heterocycles. The number of rotatable bonds is 1. The molecule has 0 aromatic rings. The molecule has 0 aliphatic carbocycles. The Labute approximate surface area is 70.7 Å². The molecule has 62 valence electrons. The lowest BCUT2D eigenvalue weighted by Crippen LogP contribution is -2.30. The van der Waals surface area contributed by atoms with Gasteiger partial charge in [-0.3, -0.25) is 4.79 Å². The maximum atomic E-state index is 11.1. The predicted octanol–water partition coefficient (Wildman–Crippen LogP) is 0.504. The van der Waals surface area contributed by atoms with E-state index in [1.54, 1.807) is 7.05 Å². The summed E-state index contributed by atoms with van der Waals surface area (Å²) in [6.07, 6.45) is 0.637. The summed E-state index contributed by atoms with van der Waals surface area (Å²) in [5.41, 5.74) is 0. The zero-order valence-corrected chi connectivity index (χ0v) is 7.34. The molecule has 1 saturated heterocycles. The molecule has 0 radical (unpaired) electrons. The molecule has 0 aromatic carbocycles. The summed E-state index contributed by atoms with van der Waals surface area (Å²) < 4.78 is 0.855. The minimum Gasteiger partial charge on any atom is -0.315 e. The molecule has 1 unspecified atom stereocenters. The highest BCUT2D eigenvalue weighted by Crippen LogP contribution is 2.18. The summed E-state index contributed by atoms with van der Waals surface area (Å²) >= 11 is 3.75. The summed E-state index contributed by atoms with van der Waals surface area (Å²) in [7, 11) is 1.60. The van der Waals surface area contributed by atoms with Crippen LogP contribution in [0.4, 0.5) is 4.79 Å². The van der Waals surface area contributed by atoms with E-state index in [1.165, 1.54) is 4.90 Å². The first kappa shape index (κ1) is 8.39. The van der Waals surface area contributed by atoms with Crippen molar-refractivity contribution in [2.24, 2.45) is 0 Å². The topological polar surface area (TPSA) is 40.6 Å². The predicted molar refractivity (Wildman–Crippen MR) is 43.1 cm³/mol. The summed E-state index contributed by atoms with van der Waals surface area (Å²) in [6.45, 7) is 1.86. The van der Waals surface area contributed by atoms with E-state index in [-0.39, 0.29) is 18.0 Å². The summed E-state index contributed by atoms with van der Waals surface area (Å²) in [5.74, 6) is -0.233. The molecule has 1 fully saturated rings. The van der Waals surface area contributed by atoms with E-state index in [1.807, 2.05) is 6.92 Å². The first-order chi connectivity index (χ1) is 5.09. The average molecular weight is 174 g/mol. The summed E-state index contributed by atoms with van der Waals surface area (Å²) in [5, 5.41) is 0. The van der Waals surface area contributed by atoms with Gasteiger partial charge in [0, 0.05) is 7.05 Å². The van der Waals surface area contributed by atoms with Gasteiger partial charge >= 0.3 is 6.03 Å². The molecule has 0 bridgehead atoms. The SMILES string of the molecule is CCC1C(=O)N(S)C(=O)N1C. The van der Waals surface area contributed by atoms with Crippen LogP contribution in [0.15, 0.2) is 0 Å². The summed E-state index contributed by atoms with van der Waals surface area (Å²) in [4.78, 5) is 23.6. The van der Waals surface area contributed by atoms with Gasteiger partial charge in [-0.25, -0.2) is 9.10 Å². The Morgan fingerprint density at radius 2 is 2.09 bits per heavy atom. The number of carbonyl (C=O) groups excluding carboxylic acids is 2. The van der Waals surface area contributed by atoms with Crippen molar-refractivity contribution in [1.29, 1.82) is 0 Å². The standard InChI is InChI=1S/C6H10N2O2S/c1-3-4-5(9)8(11)6(10)7(4)2/h4,11H,3H2,1-2H3. The molecule has 0 aromatic heterocycles. The fourth-order valence-electron chi connectivity index (χ4n) is 1.13. The number of thiol groups is 1. The molecule has 0 N–H and O–H groups in total. The van der Waals surface area contributed by atoms with E-state index >= 15 is 0 Å². The van der Waals surface area contributed by atoms with Crippen molar-refractivity contribution in [3.05, 3.63) is 0 Å². The van der Waals surface area contributed by atoms with Crippen LogP contribution in [0.3, 0.4) is 0 Å². The highest BCUT2D eigenvalue weighted by molar-refractivity contribution is 7.79. The third-order valence-electron chi connectivity index (χ3n) is 1.83. The van der Waals surface area contributed by atoms with Crippen molar-refractivity contribution in [3.63, 3.8) is 0 Å². The smallest absolute Gasteiger partial charge is 0.315 e. The molecule has 3 amide bonds. The number of hydrogen-bond acceptors (Lipinski definition) is 3. The van der Waals surface area contributed by atoms with Gasteiger partial charge in [-0.1, -0.05) is 19.7 Å². The molecule has 1 aliphatic rings. The van der Waals surface area contributed by atoms with Crippen LogP contribution >= 0.6 is 12.8 Å². The molecule has 0 spiro atoms. The molecule has 1 rings (SSSR count). The van der Waals surface area contributed by atoms with Crippen LogP contribution in [0.1, 0.15) is 13.3 Å². The number of imide groups is 1. The van der Waals surface area contributed by atoms with Crippen LogP contribution in [0.5, 0.6) is 0 Å². The molecular weight excluding hydrogens is 164 g/mol. The molecule has 11 heavy (non-hydrogen) atoms. The lowest BCUT2D eigenvalue weighted by atomic mass is 10.2. The number of carbonyl (C=O) groups is 2. The monoisotopic (exact) mass is 174 g/mol. The average Bonchev–Trinajstić information content (AvgIpc) is 2.17. The second-order valence-corrected chi connectivity index (χ2v) is 2.87. The Hall–Kier alpha value is -0.710. The fourth-order valence-corrected chi connectivity index (χ4v) is 1.41. The van der Waals surface area contributed by atoms with Crippen molar-refractivity contribution in [3.8, 4) is 0 Å². The van der Waals surface area contributed by atoms with Gasteiger partial charge in [0.2, 0.25) is 0 Å². The number of urea groups is 1. The maximum Gasteiger partial charge on any atom is 0.337 e. The lowest BCUT2D eigenvalue weighted by molar-refractivity contribution is -0.124. The second-order valence-electron chi connectivity index (χ2n) is 2.47. The van der Waals surface area contributed by atoms with Crippen LogP contribution in [-0.2, 0) is 4.79 Å². The Morgan fingerprint density at radius 1 is 1.55 bits per heavy atom. The Bertz CT molecular complexity index is 207. The molecular formula is C6H10N2O2S. The van der Waals surface area contributed by atoms with Gasteiger partial charge in [0.15, 0.2) is 0 Å². The second kappa shape index (κ2) is 2.73. The zero-order valence-electron chi connectivity index (χ0n) is 6.44. The highest BCUT2D eigenvalue weighted by Gasteiger charge is 2.40. The van der Waals surface area contributed by atoms with Gasteiger partial charge in [-0.05, 0) is 6.42 Å². The summed E-state index contributed by atoms with van der Waals surface area (Å²) in [6, 6.07) is -0.662. The number of hydrogen-bond donors (Lipinski definition) is 1. The molecule has 5 heteroatoms. The van der Waals surface area contributed by atoms with Crippen molar-refractivity contribution in [2.75, 3.05) is 7.05 Å². The van der Waals surface area contributed by atoms with Gasteiger partial charge in [0.1, 0.15) is 6.04 Å². The largest absolute Gasteiger partial charge is 0.337 e. The van der Waals surface area contributed by atoms with Crippen LogP contribution in [0.25, 0.3) is 0 Å². The molecule has 1 heterocycles. The maximum absolute atomic E-state index is 11.1.